The van der Waals surface area contributed by atoms with Crippen LogP contribution in [0.1, 0.15) is 25.3 Å². The average Bonchev–Trinajstić information content (AvgIpc) is 2.84. The standard InChI is InChI=1S/C16H14ClNS/c1-10(2)11-6-8-12(9-7-11)16-18-15-13(17)4-3-5-14(15)19-16/h3-10H,1-2H3. The Morgan fingerprint density at radius 3 is 2.42 bits per heavy atom. The first-order valence-electron chi connectivity index (χ1n) is 6.30. The highest BCUT2D eigenvalue weighted by Crippen LogP contribution is 2.33. The molecular weight excluding hydrogens is 274 g/mol. The van der Waals surface area contributed by atoms with Crippen molar-refractivity contribution in [3.8, 4) is 10.6 Å². The Morgan fingerprint density at radius 1 is 1.05 bits per heavy atom. The van der Waals surface area contributed by atoms with Crippen LogP contribution in [0, 0.1) is 0 Å². The summed E-state index contributed by atoms with van der Waals surface area (Å²) < 4.78 is 1.13. The van der Waals surface area contributed by atoms with Gasteiger partial charge in [-0.1, -0.05) is 55.8 Å². The minimum atomic E-state index is 0.555. The molecule has 3 heteroatoms. The number of rotatable bonds is 2. The van der Waals surface area contributed by atoms with Gasteiger partial charge in [0, 0.05) is 5.56 Å². The zero-order valence-electron chi connectivity index (χ0n) is 10.9. The predicted molar refractivity (Wildman–Crippen MR) is 84.2 cm³/mol. The molecule has 1 heterocycles. The second-order valence-electron chi connectivity index (χ2n) is 4.88. The van der Waals surface area contributed by atoms with Crippen LogP contribution in [-0.2, 0) is 0 Å². The van der Waals surface area contributed by atoms with Crippen LogP contribution in [0.4, 0.5) is 0 Å². The minimum Gasteiger partial charge on any atom is -0.234 e. The largest absolute Gasteiger partial charge is 0.234 e. The summed E-state index contributed by atoms with van der Waals surface area (Å²) in [6.07, 6.45) is 0. The number of halogens is 1. The molecule has 19 heavy (non-hydrogen) atoms. The number of nitrogens with zero attached hydrogens (tertiary/aromatic N) is 1. The van der Waals surface area contributed by atoms with Crippen LogP contribution in [0.15, 0.2) is 42.5 Å². The number of fused-ring (bicyclic) bond motifs is 1. The van der Waals surface area contributed by atoms with Gasteiger partial charge in [-0.25, -0.2) is 4.98 Å². The molecule has 0 spiro atoms. The van der Waals surface area contributed by atoms with E-state index in [0.717, 1.165) is 25.8 Å². The van der Waals surface area contributed by atoms with Gasteiger partial charge in [0.05, 0.1) is 9.72 Å². The second kappa shape index (κ2) is 4.95. The van der Waals surface area contributed by atoms with Gasteiger partial charge in [0.2, 0.25) is 0 Å². The molecule has 0 aliphatic carbocycles. The predicted octanol–water partition coefficient (Wildman–Crippen LogP) is 5.74. The number of para-hydroxylation sites is 1. The maximum absolute atomic E-state index is 6.17. The van der Waals surface area contributed by atoms with Gasteiger partial charge in [-0.15, -0.1) is 11.3 Å². The van der Waals surface area contributed by atoms with Gasteiger partial charge in [0.15, 0.2) is 0 Å². The zero-order valence-corrected chi connectivity index (χ0v) is 12.4. The molecule has 0 amide bonds. The third-order valence-corrected chi connectivity index (χ3v) is 4.57. The Bertz CT molecular complexity index is 713. The van der Waals surface area contributed by atoms with E-state index in [4.69, 9.17) is 11.6 Å². The number of aromatic nitrogens is 1. The summed E-state index contributed by atoms with van der Waals surface area (Å²) in [4.78, 5) is 4.64. The summed E-state index contributed by atoms with van der Waals surface area (Å²) >= 11 is 7.85. The summed E-state index contributed by atoms with van der Waals surface area (Å²) in [6, 6.07) is 14.5. The Balaban J connectivity index is 2.06. The minimum absolute atomic E-state index is 0.555. The fraction of sp³-hybridized carbons (Fsp3) is 0.188. The van der Waals surface area contributed by atoms with E-state index in [1.165, 1.54) is 5.56 Å². The number of hydrogen-bond donors (Lipinski definition) is 0. The molecular formula is C16H14ClNS. The summed E-state index contributed by atoms with van der Waals surface area (Å²) in [5, 5.41) is 1.75. The quantitative estimate of drug-likeness (QED) is 0.585. The molecule has 96 valence electrons. The normalized spacial score (nSPS) is 11.4. The molecule has 1 nitrogen and oxygen atoms in total. The van der Waals surface area contributed by atoms with Crippen molar-refractivity contribution in [2.24, 2.45) is 0 Å². The van der Waals surface area contributed by atoms with Crippen molar-refractivity contribution in [1.29, 1.82) is 0 Å². The maximum Gasteiger partial charge on any atom is 0.124 e. The van der Waals surface area contributed by atoms with Crippen LogP contribution < -0.4 is 0 Å². The van der Waals surface area contributed by atoms with Gasteiger partial charge in [0.25, 0.3) is 0 Å². The Kier molecular flexibility index (Phi) is 3.29. The van der Waals surface area contributed by atoms with Crippen molar-refractivity contribution in [1.82, 2.24) is 4.98 Å². The van der Waals surface area contributed by atoms with E-state index in [9.17, 15) is 0 Å². The summed E-state index contributed by atoms with van der Waals surface area (Å²) in [5.74, 6) is 0.555. The van der Waals surface area contributed by atoms with Crippen molar-refractivity contribution >= 4 is 33.2 Å². The lowest BCUT2D eigenvalue weighted by molar-refractivity contribution is 0.867. The van der Waals surface area contributed by atoms with Crippen LogP contribution in [0.2, 0.25) is 5.02 Å². The molecule has 0 saturated carbocycles. The van der Waals surface area contributed by atoms with Gasteiger partial charge in [-0.3, -0.25) is 0 Å². The first kappa shape index (κ1) is 12.6. The van der Waals surface area contributed by atoms with Crippen molar-refractivity contribution in [2.45, 2.75) is 19.8 Å². The third kappa shape index (κ3) is 2.38. The highest BCUT2D eigenvalue weighted by molar-refractivity contribution is 7.21. The molecule has 0 aliphatic heterocycles. The number of benzene rings is 2. The lowest BCUT2D eigenvalue weighted by Gasteiger charge is -2.05. The highest BCUT2D eigenvalue weighted by Gasteiger charge is 2.09. The van der Waals surface area contributed by atoms with Crippen LogP contribution >= 0.6 is 22.9 Å². The van der Waals surface area contributed by atoms with Crippen LogP contribution in [0.25, 0.3) is 20.8 Å². The van der Waals surface area contributed by atoms with Gasteiger partial charge in [0.1, 0.15) is 10.5 Å². The maximum atomic E-state index is 6.17. The molecule has 0 N–H and O–H groups in total. The van der Waals surface area contributed by atoms with E-state index in [0.29, 0.717) is 5.92 Å². The van der Waals surface area contributed by atoms with Crippen molar-refractivity contribution in [2.75, 3.05) is 0 Å². The van der Waals surface area contributed by atoms with Crippen molar-refractivity contribution in [3.05, 3.63) is 53.1 Å². The molecule has 0 aliphatic rings. The average molecular weight is 288 g/mol. The van der Waals surface area contributed by atoms with Gasteiger partial charge >= 0.3 is 0 Å². The molecule has 3 aromatic rings. The van der Waals surface area contributed by atoms with E-state index < -0.39 is 0 Å². The highest BCUT2D eigenvalue weighted by atomic mass is 35.5. The molecule has 0 atom stereocenters. The van der Waals surface area contributed by atoms with Gasteiger partial charge < -0.3 is 0 Å². The number of hydrogen-bond acceptors (Lipinski definition) is 2. The molecule has 0 saturated heterocycles. The van der Waals surface area contributed by atoms with Gasteiger partial charge in [-0.2, -0.15) is 0 Å². The lowest BCUT2D eigenvalue weighted by atomic mass is 10.0. The molecule has 3 rings (SSSR count). The molecule has 1 aromatic heterocycles. The molecule has 0 unspecified atom stereocenters. The summed E-state index contributed by atoms with van der Waals surface area (Å²) in [6.45, 7) is 4.40. The molecule has 0 fully saturated rings. The molecule has 0 bridgehead atoms. The Morgan fingerprint density at radius 2 is 1.79 bits per heavy atom. The summed E-state index contributed by atoms with van der Waals surface area (Å²) in [5.41, 5.74) is 3.40. The Labute approximate surface area is 121 Å². The smallest absolute Gasteiger partial charge is 0.124 e. The third-order valence-electron chi connectivity index (χ3n) is 3.19. The lowest BCUT2D eigenvalue weighted by Crippen LogP contribution is -1.86. The van der Waals surface area contributed by atoms with Crippen LogP contribution in [0.5, 0.6) is 0 Å². The fourth-order valence-corrected chi connectivity index (χ4v) is 3.32. The first-order valence-corrected chi connectivity index (χ1v) is 7.50. The monoisotopic (exact) mass is 287 g/mol. The van der Waals surface area contributed by atoms with Crippen LogP contribution in [-0.4, -0.2) is 4.98 Å². The van der Waals surface area contributed by atoms with Crippen molar-refractivity contribution < 1.29 is 0 Å². The topological polar surface area (TPSA) is 12.9 Å². The van der Waals surface area contributed by atoms with E-state index in [1.807, 2.05) is 12.1 Å². The van der Waals surface area contributed by atoms with Gasteiger partial charge in [-0.05, 0) is 23.6 Å². The van der Waals surface area contributed by atoms with E-state index in [2.05, 4.69) is 49.2 Å². The zero-order chi connectivity index (χ0) is 13.4. The SMILES string of the molecule is CC(C)c1ccc(-c2nc3c(Cl)cccc3s2)cc1. The van der Waals surface area contributed by atoms with Crippen molar-refractivity contribution in [3.63, 3.8) is 0 Å². The number of thiazole rings is 1. The van der Waals surface area contributed by atoms with Crippen LogP contribution in [0.3, 0.4) is 0 Å². The molecule has 0 radical (unpaired) electrons. The fourth-order valence-electron chi connectivity index (χ4n) is 2.05. The van der Waals surface area contributed by atoms with E-state index in [1.54, 1.807) is 11.3 Å². The van der Waals surface area contributed by atoms with E-state index >= 15 is 0 Å². The second-order valence-corrected chi connectivity index (χ2v) is 6.32. The summed E-state index contributed by atoms with van der Waals surface area (Å²) in [7, 11) is 0. The van der Waals surface area contributed by atoms with E-state index in [-0.39, 0.29) is 0 Å². The first-order chi connectivity index (χ1) is 9.15. The molecule has 2 aromatic carbocycles. The Hall–Kier alpha value is -1.38.